The largest absolute Gasteiger partial charge is 0.619 e. The van der Waals surface area contributed by atoms with Gasteiger partial charge < -0.3 is 19.4 Å². The van der Waals surface area contributed by atoms with Crippen LogP contribution in [0.2, 0.25) is 15.1 Å². The van der Waals surface area contributed by atoms with Gasteiger partial charge >= 0.3 is 11.9 Å². The minimum absolute atomic E-state index is 0.00948. The summed E-state index contributed by atoms with van der Waals surface area (Å²) >= 11 is 19.5. The van der Waals surface area contributed by atoms with Crippen LogP contribution in [0.25, 0.3) is 0 Å². The number of carbonyl (C=O) groups is 1. The lowest BCUT2D eigenvalue weighted by atomic mass is 10.0. The maximum atomic E-state index is 13.0. The molecule has 0 spiro atoms. The molecule has 3 aromatic rings. The molecule has 12 heteroatoms. The van der Waals surface area contributed by atoms with E-state index in [1.165, 1.54) is 18.2 Å². The van der Waals surface area contributed by atoms with Gasteiger partial charge in [-0.25, -0.2) is 4.79 Å². The third-order valence-corrected chi connectivity index (χ3v) is 7.37. The van der Waals surface area contributed by atoms with Crippen LogP contribution >= 0.6 is 46.6 Å². The van der Waals surface area contributed by atoms with Crippen molar-refractivity contribution in [3.8, 4) is 11.5 Å². The molecule has 1 unspecified atom stereocenters. The molecule has 1 aliphatic rings. The average Bonchev–Trinajstić information content (AvgIpc) is 3.66. The first-order valence-electron chi connectivity index (χ1n) is 11.1. The smallest absolute Gasteiger partial charge is 0.387 e. The molecule has 1 heterocycles. The van der Waals surface area contributed by atoms with Crippen LogP contribution in [0.5, 0.6) is 11.5 Å². The number of halogens is 5. The van der Waals surface area contributed by atoms with Crippen LogP contribution in [0.3, 0.4) is 0 Å². The van der Waals surface area contributed by atoms with Gasteiger partial charge in [0, 0.05) is 16.9 Å². The highest BCUT2D eigenvalue weighted by molar-refractivity contribution is 8.13. The number of pyridine rings is 1. The van der Waals surface area contributed by atoms with E-state index in [-0.39, 0.29) is 28.0 Å². The van der Waals surface area contributed by atoms with Gasteiger partial charge in [0.05, 0.1) is 11.6 Å². The Bertz CT molecular complexity index is 1260. The molecule has 0 saturated heterocycles. The van der Waals surface area contributed by atoms with Crippen molar-refractivity contribution in [1.29, 1.82) is 0 Å². The maximum Gasteiger partial charge on any atom is 0.387 e. The Morgan fingerprint density at radius 2 is 1.76 bits per heavy atom. The second-order valence-electron chi connectivity index (χ2n) is 8.22. The molecule has 0 radical (unpaired) electrons. The first kappa shape index (κ1) is 27.6. The van der Waals surface area contributed by atoms with Gasteiger partial charge in [-0.05, 0) is 60.4 Å². The summed E-state index contributed by atoms with van der Waals surface area (Å²) < 4.78 is 42.6. The molecule has 1 aromatic heterocycles. The molecule has 1 fully saturated rings. The predicted octanol–water partition coefficient (Wildman–Crippen LogP) is 7.88. The number of nitrogens with zero attached hydrogens (tertiary/aromatic N) is 1. The quantitative estimate of drug-likeness (QED) is 0.104. The number of alkyl halides is 2. The van der Waals surface area contributed by atoms with Gasteiger partial charge in [0.2, 0.25) is 0 Å². The minimum atomic E-state index is -3.05. The van der Waals surface area contributed by atoms with Gasteiger partial charge in [0.15, 0.2) is 23.9 Å². The van der Waals surface area contributed by atoms with E-state index in [9.17, 15) is 18.8 Å². The summed E-state index contributed by atoms with van der Waals surface area (Å²) in [6.07, 6.45) is 3.27. The van der Waals surface area contributed by atoms with Crippen molar-refractivity contribution in [2.75, 3.05) is 6.61 Å². The number of carbonyl (C=O) groups excluding carboxylic acids is 1. The van der Waals surface area contributed by atoms with Crippen LogP contribution < -0.4 is 14.2 Å². The maximum absolute atomic E-state index is 13.0. The lowest BCUT2D eigenvalue weighted by Gasteiger charge is -2.21. The SMILES string of the molecule is O=C(OC(Cc1c(Cl)c[n+]([O-])cc1Cl)c1ccc(OC(F)F)c(OCC2CC2)c1)Sc1ccccc1Cl. The molecule has 196 valence electrons. The fourth-order valence-electron chi connectivity index (χ4n) is 3.42. The van der Waals surface area contributed by atoms with Crippen molar-refractivity contribution in [2.24, 2.45) is 5.92 Å². The molecule has 0 amide bonds. The van der Waals surface area contributed by atoms with Crippen LogP contribution in [0.1, 0.15) is 30.1 Å². The Hall–Kier alpha value is -2.46. The first-order chi connectivity index (χ1) is 17.7. The van der Waals surface area contributed by atoms with Crippen LogP contribution in [0, 0.1) is 11.1 Å². The van der Waals surface area contributed by atoms with E-state index >= 15 is 0 Å². The van der Waals surface area contributed by atoms with Gasteiger partial charge in [-0.3, -0.25) is 0 Å². The molecule has 6 nitrogen and oxygen atoms in total. The highest BCUT2D eigenvalue weighted by Gasteiger charge is 2.26. The zero-order valence-corrected chi connectivity index (χ0v) is 22.1. The number of rotatable bonds is 10. The number of thioether (sulfide) groups is 1. The van der Waals surface area contributed by atoms with E-state index in [1.807, 2.05) is 0 Å². The van der Waals surface area contributed by atoms with Crippen molar-refractivity contribution in [1.82, 2.24) is 0 Å². The van der Waals surface area contributed by atoms with Gasteiger partial charge in [-0.1, -0.05) is 53.0 Å². The summed E-state index contributed by atoms with van der Waals surface area (Å²) in [7, 11) is 0. The Morgan fingerprint density at radius 1 is 1.05 bits per heavy atom. The van der Waals surface area contributed by atoms with Crippen molar-refractivity contribution in [2.45, 2.75) is 36.9 Å². The van der Waals surface area contributed by atoms with E-state index in [0.717, 1.165) is 37.0 Å². The van der Waals surface area contributed by atoms with Crippen LogP contribution in [0.15, 0.2) is 59.8 Å². The minimum Gasteiger partial charge on any atom is -0.619 e. The zero-order chi connectivity index (χ0) is 26.5. The first-order valence-corrected chi connectivity index (χ1v) is 13.1. The standard InChI is InChI=1S/C25H20Cl3F2NO5S/c26-17-3-1-2-4-23(17)37-25(32)36-21(10-16-18(27)11-31(33)12-19(16)28)15-7-8-20(35-24(29)30)22(9-15)34-13-14-5-6-14/h1-4,7-9,11-12,14,21,24H,5-6,10,13H2. The summed E-state index contributed by atoms with van der Waals surface area (Å²) in [6.45, 7) is -2.70. The fraction of sp³-hybridized carbons (Fsp3) is 0.280. The Balaban J connectivity index is 1.65. The normalized spacial score (nSPS) is 13.9. The molecule has 0 N–H and O–H groups in total. The van der Waals surface area contributed by atoms with Gasteiger partial charge in [-0.15, -0.1) is 0 Å². The Morgan fingerprint density at radius 3 is 2.41 bits per heavy atom. The summed E-state index contributed by atoms with van der Waals surface area (Å²) in [5.41, 5.74) is 0.788. The van der Waals surface area contributed by atoms with E-state index < -0.39 is 18.0 Å². The Kier molecular flexibility index (Phi) is 9.23. The lowest BCUT2D eigenvalue weighted by molar-refractivity contribution is -0.605. The van der Waals surface area contributed by atoms with E-state index in [1.54, 1.807) is 24.3 Å². The fourth-order valence-corrected chi connectivity index (χ4v) is 4.93. The summed E-state index contributed by atoms with van der Waals surface area (Å²) in [6, 6.07) is 11.1. The Labute approximate surface area is 231 Å². The summed E-state index contributed by atoms with van der Waals surface area (Å²) in [5, 5.41) is 11.5. The molecule has 0 bridgehead atoms. The monoisotopic (exact) mass is 589 g/mol. The van der Waals surface area contributed by atoms with Crippen molar-refractivity contribution in [3.05, 3.63) is 86.3 Å². The van der Waals surface area contributed by atoms with Crippen molar-refractivity contribution < 1.29 is 32.5 Å². The van der Waals surface area contributed by atoms with E-state index in [2.05, 4.69) is 4.74 Å². The number of aromatic nitrogens is 1. The number of benzene rings is 2. The average molecular weight is 591 g/mol. The third kappa shape index (κ3) is 7.77. The molecule has 1 aliphatic carbocycles. The molecule has 0 aliphatic heterocycles. The molecular weight excluding hydrogens is 571 g/mol. The van der Waals surface area contributed by atoms with Crippen LogP contribution in [0.4, 0.5) is 13.6 Å². The second kappa shape index (κ2) is 12.4. The highest BCUT2D eigenvalue weighted by Crippen LogP contribution is 2.39. The molecule has 1 saturated carbocycles. The van der Waals surface area contributed by atoms with E-state index in [0.29, 0.717) is 38.3 Å². The second-order valence-corrected chi connectivity index (χ2v) is 10.4. The summed E-state index contributed by atoms with van der Waals surface area (Å²) in [4.78, 5) is 13.4. The summed E-state index contributed by atoms with van der Waals surface area (Å²) in [5.74, 6) is 0.301. The molecular formula is C25H20Cl3F2NO5S. The number of hydrogen-bond donors (Lipinski definition) is 0. The zero-order valence-electron chi connectivity index (χ0n) is 19.0. The van der Waals surface area contributed by atoms with Crippen LogP contribution in [-0.2, 0) is 11.2 Å². The molecule has 1 atom stereocenters. The lowest BCUT2D eigenvalue weighted by Crippen LogP contribution is -2.25. The molecule has 37 heavy (non-hydrogen) atoms. The van der Waals surface area contributed by atoms with Gasteiger partial charge in [-0.2, -0.15) is 13.5 Å². The number of ether oxygens (including phenoxy) is 3. The highest BCUT2D eigenvalue weighted by atomic mass is 35.5. The van der Waals surface area contributed by atoms with Crippen LogP contribution in [-0.4, -0.2) is 18.5 Å². The number of hydrogen-bond acceptors (Lipinski definition) is 6. The van der Waals surface area contributed by atoms with Crippen molar-refractivity contribution in [3.63, 3.8) is 0 Å². The topological polar surface area (TPSA) is 71.7 Å². The van der Waals surface area contributed by atoms with Gasteiger partial charge in [0.25, 0.3) is 0 Å². The van der Waals surface area contributed by atoms with E-state index in [4.69, 9.17) is 44.3 Å². The third-order valence-electron chi connectivity index (χ3n) is 5.44. The molecule has 2 aromatic carbocycles. The van der Waals surface area contributed by atoms with Crippen molar-refractivity contribution >= 4 is 51.9 Å². The molecule has 4 rings (SSSR count). The predicted molar refractivity (Wildman–Crippen MR) is 137 cm³/mol. The van der Waals surface area contributed by atoms with Gasteiger partial charge in [0.1, 0.15) is 16.1 Å².